The van der Waals surface area contributed by atoms with Gasteiger partial charge < -0.3 is 14.8 Å². The minimum absolute atomic E-state index is 0.126. The number of aromatic nitrogens is 2. The van der Waals surface area contributed by atoms with Gasteiger partial charge in [0.05, 0.1) is 34.3 Å². The number of nitrogens with one attached hydrogen (secondary N) is 1. The summed E-state index contributed by atoms with van der Waals surface area (Å²) in [5.41, 5.74) is 2.82. The number of H-pyrrole nitrogens is 1. The molecule has 0 saturated heterocycles. The Morgan fingerprint density at radius 3 is 2.78 bits per heavy atom. The Hall–Kier alpha value is -3.39. The summed E-state index contributed by atoms with van der Waals surface area (Å²) in [4.78, 5) is 28.9. The number of benzene rings is 2. The molecule has 0 unspecified atom stereocenters. The number of aliphatic hydroxyl groups is 1. The zero-order chi connectivity index (χ0) is 22.7. The normalized spacial score (nSPS) is 11.2. The van der Waals surface area contributed by atoms with Crippen LogP contribution in [0.1, 0.15) is 21.5 Å². The summed E-state index contributed by atoms with van der Waals surface area (Å²) < 4.78 is 7.35. The molecule has 2 N–H and O–H groups in total. The quantitative estimate of drug-likeness (QED) is 0.298. The lowest BCUT2D eigenvalue weighted by atomic mass is 10.1. The first kappa shape index (κ1) is 21.8. The van der Waals surface area contributed by atoms with Crippen molar-refractivity contribution in [2.45, 2.75) is 6.61 Å². The SMILES string of the molecule is COc1cc(/C=C/C(=O)c2cccc(-n3cc(-c4ccc(Cl)s4)[nH]c3=O)c2)ccc1CO. The summed E-state index contributed by atoms with van der Waals surface area (Å²) in [6.07, 6.45) is 4.84. The molecule has 2 aromatic carbocycles. The van der Waals surface area contributed by atoms with Crippen molar-refractivity contribution in [1.82, 2.24) is 9.55 Å². The zero-order valence-electron chi connectivity index (χ0n) is 17.0. The number of aliphatic hydroxyl groups excluding tert-OH is 1. The second kappa shape index (κ2) is 9.40. The number of carbonyl (C=O) groups is 1. The van der Waals surface area contributed by atoms with Crippen LogP contribution in [0.4, 0.5) is 0 Å². The second-order valence-electron chi connectivity index (χ2n) is 6.92. The Balaban J connectivity index is 1.58. The lowest BCUT2D eigenvalue weighted by Gasteiger charge is -2.06. The van der Waals surface area contributed by atoms with Gasteiger partial charge in [0.15, 0.2) is 5.78 Å². The number of imidazole rings is 1. The number of methoxy groups -OCH3 is 1. The molecule has 162 valence electrons. The Morgan fingerprint density at radius 1 is 1.22 bits per heavy atom. The molecule has 0 bridgehead atoms. The fourth-order valence-corrected chi connectivity index (χ4v) is 4.25. The molecule has 2 heterocycles. The minimum Gasteiger partial charge on any atom is -0.496 e. The van der Waals surface area contributed by atoms with E-state index in [1.54, 1.807) is 60.8 Å². The lowest BCUT2D eigenvalue weighted by Crippen LogP contribution is -2.14. The van der Waals surface area contributed by atoms with Crippen LogP contribution in [-0.4, -0.2) is 27.6 Å². The molecule has 0 fully saturated rings. The number of thiophene rings is 1. The van der Waals surface area contributed by atoms with Gasteiger partial charge in [-0.15, -0.1) is 11.3 Å². The van der Waals surface area contributed by atoms with E-state index in [1.807, 2.05) is 6.07 Å². The van der Waals surface area contributed by atoms with Crippen LogP contribution >= 0.6 is 22.9 Å². The molecule has 4 rings (SSSR count). The average molecular weight is 467 g/mol. The summed E-state index contributed by atoms with van der Waals surface area (Å²) in [7, 11) is 1.53. The molecule has 0 aliphatic heterocycles. The van der Waals surface area contributed by atoms with Crippen molar-refractivity contribution in [3.63, 3.8) is 0 Å². The number of nitrogens with zero attached hydrogens (tertiary/aromatic N) is 1. The Bertz CT molecular complexity index is 1370. The van der Waals surface area contributed by atoms with Crippen LogP contribution < -0.4 is 10.4 Å². The number of rotatable bonds is 7. The van der Waals surface area contributed by atoms with Crippen LogP contribution in [0.15, 0.2) is 71.7 Å². The number of carbonyl (C=O) groups excluding carboxylic acids is 1. The number of aromatic amines is 1. The first-order valence-electron chi connectivity index (χ1n) is 9.66. The highest BCUT2D eigenvalue weighted by atomic mass is 35.5. The number of ketones is 1. The molecule has 0 radical (unpaired) electrons. The molecule has 0 spiro atoms. The van der Waals surface area contributed by atoms with Gasteiger partial charge in [0.1, 0.15) is 5.75 Å². The molecule has 4 aromatic rings. The van der Waals surface area contributed by atoms with Crippen molar-refractivity contribution in [3.05, 3.63) is 98.4 Å². The first-order chi connectivity index (χ1) is 15.5. The standard InChI is InChI=1S/C24H19ClN2O4S/c1-31-21-11-15(5-7-17(21)14-28)6-8-20(29)16-3-2-4-18(12-16)27-13-19(26-24(27)30)22-9-10-23(25)32-22/h2-13,28H,14H2,1H3,(H,26,30)/b8-6+. The van der Waals surface area contributed by atoms with E-state index in [1.165, 1.54) is 29.1 Å². The van der Waals surface area contributed by atoms with E-state index < -0.39 is 0 Å². The van der Waals surface area contributed by atoms with E-state index in [4.69, 9.17) is 16.3 Å². The molecule has 0 saturated carbocycles. The molecular weight excluding hydrogens is 448 g/mol. The van der Waals surface area contributed by atoms with E-state index in [0.717, 1.165) is 10.4 Å². The number of allylic oxidation sites excluding steroid dienone is 1. The van der Waals surface area contributed by atoms with Crippen molar-refractivity contribution in [3.8, 4) is 22.0 Å². The number of hydrogen-bond acceptors (Lipinski definition) is 5. The number of halogens is 1. The van der Waals surface area contributed by atoms with Crippen molar-refractivity contribution >= 4 is 34.8 Å². The van der Waals surface area contributed by atoms with Crippen LogP contribution in [0.3, 0.4) is 0 Å². The fraction of sp³-hybridized carbons (Fsp3) is 0.0833. The molecule has 0 atom stereocenters. The van der Waals surface area contributed by atoms with Gasteiger partial charge in [0.2, 0.25) is 0 Å². The molecule has 2 aromatic heterocycles. The summed E-state index contributed by atoms with van der Waals surface area (Å²) in [6.45, 7) is -0.126. The predicted molar refractivity (Wildman–Crippen MR) is 127 cm³/mol. The summed E-state index contributed by atoms with van der Waals surface area (Å²) in [6, 6.07) is 15.8. The van der Waals surface area contributed by atoms with Gasteiger partial charge in [0.25, 0.3) is 0 Å². The van der Waals surface area contributed by atoms with Gasteiger partial charge in [-0.05, 0) is 42.0 Å². The topological polar surface area (TPSA) is 84.3 Å². The third-order valence-corrected chi connectivity index (χ3v) is 6.14. The molecule has 8 heteroatoms. The summed E-state index contributed by atoms with van der Waals surface area (Å²) >= 11 is 7.36. The monoisotopic (exact) mass is 466 g/mol. The summed E-state index contributed by atoms with van der Waals surface area (Å²) in [5.74, 6) is 0.352. The van der Waals surface area contributed by atoms with E-state index in [9.17, 15) is 14.7 Å². The maximum Gasteiger partial charge on any atom is 0.330 e. The van der Waals surface area contributed by atoms with Crippen LogP contribution in [0.5, 0.6) is 5.75 Å². The molecule has 0 amide bonds. The third-order valence-electron chi connectivity index (χ3n) is 4.87. The maximum absolute atomic E-state index is 12.7. The van der Waals surface area contributed by atoms with Crippen molar-refractivity contribution in [2.24, 2.45) is 0 Å². The highest BCUT2D eigenvalue weighted by Gasteiger charge is 2.11. The Morgan fingerprint density at radius 2 is 2.06 bits per heavy atom. The molecule has 0 aliphatic carbocycles. The highest BCUT2D eigenvalue weighted by Crippen LogP contribution is 2.29. The third kappa shape index (κ3) is 4.60. The van der Waals surface area contributed by atoms with Crippen LogP contribution in [0.25, 0.3) is 22.3 Å². The smallest absolute Gasteiger partial charge is 0.330 e. The van der Waals surface area contributed by atoms with E-state index in [0.29, 0.717) is 32.6 Å². The molecule has 6 nitrogen and oxygen atoms in total. The average Bonchev–Trinajstić information content (AvgIpc) is 3.42. The summed E-state index contributed by atoms with van der Waals surface area (Å²) in [5, 5.41) is 9.33. The maximum atomic E-state index is 12.7. The first-order valence-corrected chi connectivity index (χ1v) is 10.9. The van der Waals surface area contributed by atoms with E-state index in [-0.39, 0.29) is 18.1 Å². The number of ether oxygens (including phenoxy) is 1. The largest absolute Gasteiger partial charge is 0.496 e. The van der Waals surface area contributed by atoms with Crippen LogP contribution in [0.2, 0.25) is 4.34 Å². The highest BCUT2D eigenvalue weighted by molar-refractivity contribution is 7.19. The Kier molecular flexibility index (Phi) is 6.41. The second-order valence-corrected chi connectivity index (χ2v) is 8.64. The van der Waals surface area contributed by atoms with Gasteiger partial charge in [-0.2, -0.15) is 0 Å². The van der Waals surface area contributed by atoms with Gasteiger partial charge in [0, 0.05) is 17.3 Å². The van der Waals surface area contributed by atoms with Gasteiger partial charge in [-0.25, -0.2) is 4.79 Å². The number of hydrogen-bond donors (Lipinski definition) is 2. The van der Waals surface area contributed by atoms with Crippen LogP contribution in [-0.2, 0) is 6.61 Å². The molecular formula is C24H19ClN2O4S. The van der Waals surface area contributed by atoms with Gasteiger partial charge in [-0.3, -0.25) is 9.36 Å². The van der Waals surface area contributed by atoms with Crippen molar-refractivity contribution < 1.29 is 14.6 Å². The zero-order valence-corrected chi connectivity index (χ0v) is 18.6. The van der Waals surface area contributed by atoms with Crippen LogP contribution in [0, 0.1) is 0 Å². The van der Waals surface area contributed by atoms with Gasteiger partial charge in [-0.1, -0.05) is 41.9 Å². The Labute approximate surface area is 193 Å². The minimum atomic E-state index is -0.305. The lowest BCUT2D eigenvalue weighted by molar-refractivity contribution is 0.104. The molecule has 32 heavy (non-hydrogen) atoms. The molecule has 0 aliphatic rings. The van der Waals surface area contributed by atoms with Crippen molar-refractivity contribution in [2.75, 3.05) is 7.11 Å². The predicted octanol–water partition coefficient (Wildman–Crippen LogP) is 4.94. The van der Waals surface area contributed by atoms with E-state index in [2.05, 4.69) is 4.98 Å². The fourth-order valence-electron chi connectivity index (χ4n) is 3.24. The van der Waals surface area contributed by atoms with Gasteiger partial charge >= 0.3 is 5.69 Å². The van der Waals surface area contributed by atoms with E-state index >= 15 is 0 Å². The van der Waals surface area contributed by atoms with Crippen molar-refractivity contribution in [1.29, 1.82) is 0 Å².